The summed E-state index contributed by atoms with van der Waals surface area (Å²) in [6.45, 7) is 0.0343. The minimum Gasteiger partial charge on any atom is -0.387 e. The van der Waals surface area contributed by atoms with Gasteiger partial charge in [0.2, 0.25) is 0 Å². The molecule has 6 heteroatoms. The molecule has 0 amide bonds. The summed E-state index contributed by atoms with van der Waals surface area (Å²) < 4.78 is 0.806. The highest BCUT2D eigenvalue weighted by atomic mass is 79.9. The summed E-state index contributed by atoms with van der Waals surface area (Å²) >= 11 is 4.48. The van der Waals surface area contributed by atoms with Gasteiger partial charge in [0.15, 0.2) is 0 Å². The Bertz CT molecular complexity index is 530. The van der Waals surface area contributed by atoms with Crippen molar-refractivity contribution in [1.82, 2.24) is 5.32 Å². The van der Waals surface area contributed by atoms with Gasteiger partial charge in [0.25, 0.3) is 5.91 Å². The Kier molecular flexibility index (Phi) is 4.72. The van der Waals surface area contributed by atoms with Crippen molar-refractivity contribution < 1.29 is 15.3 Å². The van der Waals surface area contributed by atoms with Gasteiger partial charge < -0.3 is 15.3 Å². The largest absolute Gasteiger partial charge is 0.387 e. The third-order valence-corrected chi connectivity index (χ3v) is 4.36. The number of aliphatic hydroxyl groups excluding tert-OH is 1. The average Bonchev–Trinajstić information content (AvgIpc) is 2.85. The number of benzene rings is 1. The van der Waals surface area contributed by atoms with Crippen LogP contribution >= 0.6 is 27.3 Å². The quantitative estimate of drug-likeness (QED) is 0.626. The van der Waals surface area contributed by atoms with Gasteiger partial charge in [-0.3, -0.25) is 5.32 Å². The molecule has 19 heavy (non-hydrogen) atoms. The second kappa shape index (κ2) is 6.13. The van der Waals surface area contributed by atoms with Crippen LogP contribution in [0.4, 0.5) is 0 Å². The number of hydrogen-bond donors (Lipinski definition) is 4. The summed E-state index contributed by atoms with van der Waals surface area (Å²) in [6.07, 6.45) is -0.803. The van der Waals surface area contributed by atoms with Crippen LogP contribution in [0.1, 0.15) is 16.5 Å². The molecule has 0 saturated carbocycles. The number of hydrogen-bond acceptors (Lipinski definition) is 5. The second-order valence-electron chi connectivity index (χ2n) is 4.08. The lowest BCUT2D eigenvalue weighted by Gasteiger charge is -2.23. The third-order valence-electron chi connectivity index (χ3n) is 2.64. The van der Waals surface area contributed by atoms with Crippen molar-refractivity contribution in [3.8, 4) is 0 Å². The summed E-state index contributed by atoms with van der Waals surface area (Å²) in [5.74, 6) is -2.15. The molecule has 1 atom stereocenters. The fourth-order valence-electron chi connectivity index (χ4n) is 1.62. The number of rotatable bonds is 5. The molecular formula is C13H14BrNO3S. The lowest BCUT2D eigenvalue weighted by atomic mass is 10.1. The standard InChI is InChI=1S/C13H14BrNO3S/c14-12-7-6-11(19-12)13(17,18)15-8-10(16)9-4-2-1-3-5-9/h1-7,10,15-18H,8H2. The molecule has 0 fully saturated rings. The number of halogens is 1. The van der Waals surface area contributed by atoms with E-state index in [2.05, 4.69) is 21.2 Å². The van der Waals surface area contributed by atoms with E-state index in [-0.39, 0.29) is 6.54 Å². The molecule has 1 aromatic heterocycles. The Morgan fingerprint density at radius 3 is 2.42 bits per heavy atom. The van der Waals surface area contributed by atoms with Gasteiger partial charge in [-0.15, -0.1) is 11.3 Å². The highest BCUT2D eigenvalue weighted by molar-refractivity contribution is 9.11. The van der Waals surface area contributed by atoms with E-state index in [1.54, 1.807) is 24.3 Å². The molecule has 0 spiro atoms. The first-order valence-electron chi connectivity index (χ1n) is 5.67. The highest BCUT2D eigenvalue weighted by Gasteiger charge is 2.28. The van der Waals surface area contributed by atoms with E-state index in [1.807, 2.05) is 18.2 Å². The summed E-state index contributed by atoms with van der Waals surface area (Å²) in [5.41, 5.74) is 0.721. The van der Waals surface area contributed by atoms with Gasteiger partial charge in [-0.25, -0.2) is 0 Å². The highest BCUT2D eigenvalue weighted by Crippen LogP contribution is 2.28. The molecule has 0 aliphatic heterocycles. The van der Waals surface area contributed by atoms with Crippen LogP contribution in [0.2, 0.25) is 0 Å². The van der Waals surface area contributed by atoms with Gasteiger partial charge in [-0.05, 0) is 33.6 Å². The van der Waals surface area contributed by atoms with Crippen LogP contribution in [-0.2, 0) is 5.91 Å². The van der Waals surface area contributed by atoms with E-state index in [4.69, 9.17) is 0 Å². The van der Waals surface area contributed by atoms with Gasteiger partial charge in [-0.2, -0.15) is 0 Å². The molecule has 0 saturated heterocycles. The molecule has 1 heterocycles. The zero-order valence-electron chi connectivity index (χ0n) is 9.95. The summed E-state index contributed by atoms with van der Waals surface area (Å²) in [6, 6.07) is 12.4. The predicted octanol–water partition coefficient (Wildman–Crippen LogP) is 1.93. The first kappa shape index (κ1) is 14.6. The van der Waals surface area contributed by atoms with E-state index in [9.17, 15) is 15.3 Å². The molecule has 2 rings (SSSR count). The Morgan fingerprint density at radius 2 is 1.84 bits per heavy atom. The fourth-order valence-corrected chi connectivity index (χ4v) is 2.97. The number of aliphatic hydroxyl groups is 3. The molecule has 0 aliphatic carbocycles. The molecule has 102 valence electrons. The van der Waals surface area contributed by atoms with Crippen molar-refractivity contribution >= 4 is 27.3 Å². The van der Waals surface area contributed by atoms with Gasteiger partial charge in [0, 0.05) is 6.54 Å². The maximum Gasteiger partial charge on any atom is 0.260 e. The SMILES string of the molecule is OC(CNC(O)(O)c1ccc(Br)s1)c1ccccc1. The first-order valence-corrected chi connectivity index (χ1v) is 7.28. The molecule has 1 aromatic carbocycles. The average molecular weight is 344 g/mol. The van der Waals surface area contributed by atoms with Crippen molar-refractivity contribution in [2.75, 3.05) is 6.54 Å². The summed E-state index contributed by atoms with van der Waals surface area (Å²) in [5, 5.41) is 32.3. The summed E-state index contributed by atoms with van der Waals surface area (Å²) in [7, 11) is 0. The van der Waals surface area contributed by atoms with E-state index < -0.39 is 12.0 Å². The minimum atomic E-state index is -2.15. The van der Waals surface area contributed by atoms with Crippen molar-refractivity contribution in [1.29, 1.82) is 0 Å². The second-order valence-corrected chi connectivity index (χ2v) is 6.55. The fraction of sp³-hybridized carbons (Fsp3) is 0.231. The lowest BCUT2D eigenvalue weighted by Crippen LogP contribution is -2.43. The smallest absolute Gasteiger partial charge is 0.260 e. The van der Waals surface area contributed by atoms with Crippen LogP contribution in [0, 0.1) is 0 Å². The van der Waals surface area contributed by atoms with Crippen molar-refractivity contribution in [3.05, 3.63) is 56.7 Å². The van der Waals surface area contributed by atoms with Gasteiger partial charge in [0.05, 0.1) is 14.8 Å². The molecule has 4 N–H and O–H groups in total. The maximum absolute atomic E-state index is 9.95. The summed E-state index contributed by atoms with van der Waals surface area (Å²) in [4.78, 5) is 0.361. The Balaban J connectivity index is 1.98. The molecule has 2 aromatic rings. The minimum absolute atomic E-state index is 0.0343. The Hall–Kier alpha value is -0.760. The Morgan fingerprint density at radius 1 is 1.16 bits per heavy atom. The molecular weight excluding hydrogens is 330 g/mol. The molecule has 0 bridgehead atoms. The monoisotopic (exact) mass is 343 g/mol. The normalized spacial score (nSPS) is 13.5. The van der Waals surface area contributed by atoms with Crippen LogP contribution in [0.15, 0.2) is 46.3 Å². The van der Waals surface area contributed by atoms with E-state index in [0.717, 1.165) is 9.35 Å². The number of thiophene rings is 1. The molecule has 0 aliphatic rings. The van der Waals surface area contributed by atoms with Crippen LogP contribution in [0.3, 0.4) is 0 Å². The van der Waals surface area contributed by atoms with Crippen molar-refractivity contribution in [2.24, 2.45) is 0 Å². The van der Waals surface area contributed by atoms with Crippen molar-refractivity contribution in [2.45, 2.75) is 12.0 Å². The van der Waals surface area contributed by atoms with Crippen LogP contribution in [-0.4, -0.2) is 21.9 Å². The van der Waals surface area contributed by atoms with E-state index in [1.165, 1.54) is 11.3 Å². The molecule has 1 unspecified atom stereocenters. The van der Waals surface area contributed by atoms with Gasteiger partial charge in [0.1, 0.15) is 0 Å². The van der Waals surface area contributed by atoms with E-state index >= 15 is 0 Å². The Labute approximate surface area is 123 Å². The maximum atomic E-state index is 9.95. The zero-order valence-corrected chi connectivity index (χ0v) is 12.4. The van der Waals surface area contributed by atoms with Crippen LogP contribution in [0.25, 0.3) is 0 Å². The molecule has 0 radical (unpaired) electrons. The topological polar surface area (TPSA) is 72.7 Å². The van der Waals surface area contributed by atoms with E-state index in [0.29, 0.717) is 4.88 Å². The number of nitrogens with one attached hydrogen (secondary N) is 1. The zero-order chi connectivity index (χ0) is 13.9. The van der Waals surface area contributed by atoms with Crippen LogP contribution < -0.4 is 5.32 Å². The van der Waals surface area contributed by atoms with Gasteiger partial charge >= 0.3 is 0 Å². The predicted molar refractivity (Wildman–Crippen MR) is 77.5 cm³/mol. The third kappa shape index (κ3) is 3.85. The van der Waals surface area contributed by atoms with Crippen molar-refractivity contribution in [3.63, 3.8) is 0 Å². The molecule has 4 nitrogen and oxygen atoms in total. The van der Waals surface area contributed by atoms with Crippen LogP contribution in [0.5, 0.6) is 0 Å². The van der Waals surface area contributed by atoms with Gasteiger partial charge in [-0.1, -0.05) is 30.3 Å². The first-order chi connectivity index (χ1) is 8.99. The lowest BCUT2D eigenvalue weighted by molar-refractivity contribution is -0.195.